The first-order valence-electron chi connectivity index (χ1n) is 13.4. The summed E-state index contributed by atoms with van der Waals surface area (Å²) in [5.74, 6) is 0. The molecule has 7 aromatic rings. The minimum atomic E-state index is 1.24. The van der Waals surface area contributed by atoms with Crippen LogP contribution >= 0.6 is 11.8 Å². The van der Waals surface area contributed by atoms with E-state index in [1.54, 1.807) is 0 Å². The molecule has 0 fully saturated rings. The van der Waals surface area contributed by atoms with Gasteiger partial charge in [0.1, 0.15) is 0 Å². The van der Waals surface area contributed by atoms with Gasteiger partial charge in [0.25, 0.3) is 0 Å². The summed E-state index contributed by atoms with van der Waals surface area (Å²) in [6.07, 6.45) is 0. The molecule has 1 aliphatic rings. The number of rotatable bonds is 3. The van der Waals surface area contributed by atoms with Gasteiger partial charge in [-0.15, -0.1) is 0 Å². The van der Waals surface area contributed by atoms with Crippen molar-refractivity contribution in [3.8, 4) is 44.5 Å². The van der Waals surface area contributed by atoms with E-state index in [0.29, 0.717) is 0 Å². The van der Waals surface area contributed by atoms with Crippen molar-refractivity contribution >= 4 is 33.3 Å². The van der Waals surface area contributed by atoms with E-state index in [-0.39, 0.29) is 0 Å². The topological polar surface area (TPSA) is 0 Å². The molecule has 0 bridgehead atoms. The summed E-state index contributed by atoms with van der Waals surface area (Å²) in [5.41, 5.74) is 10.2. The molecule has 7 aromatic carbocycles. The Balaban J connectivity index is 1.22. The van der Waals surface area contributed by atoms with E-state index >= 15 is 0 Å². The molecule has 0 aliphatic carbocycles. The van der Waals surface area contributed by atoms with Crippen molar-refractivity contribution in [1.82, 2.24) is 0 Å². The second-order valence-electron chi connectivity index (χ2n) is 10.1. The molecule has 0 atom stereocenters. The van der Waals surface area contributed by atoms with Crippen LogP contribution in [0.5, 0.6) is 0 Å². The SMILES string of the molecule is c1ccc(-c2cccc3cccc(-c4ccc(-c5ccc6c(c5)-c5cccc7cccc(c57)S6)cc4)c23)cc1. The Morgan fingerprint density at radius 3 is 1.59 bits per heavy atom. The van der Waals surface area contributed by atoms with Crippen molar-refractivity contribution in [1.29, 1.82) is 0 Å². The molecular formula is C38H24S. The van der Waals surface area contributed by atoms with Crippen LogP contribution in [0.2, 0.25) is 0 Å². The number of benzene rings is 7. The van der Waals surface area contributed by atoms with Crippen LogP contribution in [0.1, 0.15) is 0 Å². The van der Waals surface area contributed by atoms with Crippen molar-refractivity contribution in [2.24, 2.45) is 0 Å². The Labute approximate surface area is 232 Å². The van der Waals surface area contributed by atoms with Gasteiger partial charge in [-0.25, -0.2) is 0 Å². The maximum absolute atomic E-state index is 2.37. The van der Waals surface area contributed by atoms with Crippen LogP contribution in [0.3, 0.4) is 0 Å². The van der Waals surface area contributed by atoms with Gasteiger partial charge in [0.15, 0.2) is 0 Å². The van der Waals surface area contributed by atoms with E-state index in [4.69, 9.17) is 0 Å². The summed E-state index contributed by atoms with van der Waals surface area (Å²) >= 11 is 1.88. The summed E-state index contributed by atoms with van der Waals surface area (Å²) in [6.45, 7) is 0. The molecule has 8 rings (SSSR count). The van der Waals surface area contributed by atoms with E-state index in [1.165, 1.54) is 75.8 Å². The first-order chi connectivity index (χ1) is 19.3. The molecule has 0 N–H and O–H groups in total. The lowest BCUT2D eigenvalue weighted by molar-refractivity contribution is 1.39. The van der Waals surface area contributed by atoms with Gasteiger partial charge in [-0.1, -0.05) is 139 Å². The fraction of sp³-hybridized carbons (Fsp3) is 0. The zero-order valence-corrected chi connectivity index (χ0v) is 22.1. The second-order valence-corrected chi connectivity index (χ2v) is 11.2. The zero-order valence-electron chi connectivity index (χ0n) is 21.3. The van der Waals surface area contributed by atoms with Crippen LogP contribution in [0.4, 0.5) is 0 Å². The minimum Gasteiger partial charge on any atom is -0.0888 e. The van der Waals surface area contributed by atoms with Crippen LogP contribution in [-0.4, -0.2) is 0 Å². The zero-order chi connectivity index (χ0) is 25.8. The Morgan fingerprint density at radius 2 is 0.872 bits per heavy atom. The third-order valence-corrected chi connectivity index (χ3v) is 9.01. The lowest BCUT2D eigenvalue weighted by Crippen LogP contribution is -1.93. The van der Waals surface area contributed by atoms with E-state index in [0.717, 1.165) is 0 Å². The molecule has 0 amide bonds. The average molecular weight is 513 g/mol. The van der Waals surface area contributed by atoms with Crippen molar-refractivity contribution in [2.75, 3.05) is 0 Å². The van der Waals surface area contributed by atoms with Crippen LogP contribution in [0.15, 0.2) is 155 Å². The van der Waals surface area contributed by atoms with E-state index < -0.39 is 0 Å². The first kappa shape index (κ1) is 22.4. The molecular weight excluding hydrogens is 488 g/mol. The second kappa shape index (κ2) is 9.01. The molecule has 0 unspecified atom stereocenters. The Hall–Kier alpha value is -4.59. The molecule has 0 saturated carbocycles. The average Bonchev–Trinajstić information content (AvgIpc) is 3.01. The van der Waals surface area contributed by atoms with Gasteiger partial charge in [-0.05, 0) is 78.9 Å². The van der Waals surface area contributed by atoms with Crippen molar-refractivity contribution in [2.45, 2.75) is 9.79 Å². The van der Waals surface area contributed by atoms with Crippen LogP contribution < -0.4 is 0 Å². The lowest BCUT2D eigenvalue weighted by Gasteiger charge is -2.21. The highest BCUT2D eigenvalue weighted by atomic mass is 32.2. The quantitative estimate of drug-likeness (QED) is 0.227. The Kier molecular flexibility index (Phi) is 5.17. The Bertz CT molecular complexity index is 2010. The van der Waals surface area contributed by atoms with Gasteiger partial charge in [-0.2, -0.15) is 0 Å². The van der Waals surface area contributed by atoms with Crippen LogP contribution in [0, 0.1) is 0 Å². The fourth-order valence-electron chi connectivity index (χ4n) is 6.03. The Morgan fingerprint density at radius 1 is 0.308 bits per heavy atom. The predicted molar refractivity (Wildman–Crippen MR) is 167 cm³/mol. The third-order valence-electron chi connectivity index (χ3n) is 7.87. The maximum atomic E-state index is 2.37. The summed E-state index contributed by atoms with van der Waals surface area (Å²) in [7, 11) is 0. The van der Waals surface area contributed by atoms with Gasteiger partial charge in [0.05, 0.1) is 0 Å². The molecule has 1 heterocycles. The van der Waals surface area contributed by atoms with Crippen molar-refractivity contribution < 1.29 is 0 Å². The largest absolute Gasteiger partial charge is 0.0888 e. The molecule has 1 aliphatic heterocycles. The highest BCUT2D eigenvalue weighted by Gasteiger charge is 2.19. The first-order valence-corrected chi connectivity index (χ1v) is 14.2. The maximum Gasteiger partial charge on any atom is 0.0207 e. The smallest absolute Gasteiger partial charge is 0.0207 e. The van der Waals surface area contributed by atoms with Gasteiger partial charge in [0, 0.05) is 15.2 Å². The predicted octanol–water partition coefficient (Wildman–Crippen LogP) is 11.1. The summed E-state index contributed by atoms with van der Waals surface area (Å²) in [5, 5.41) is 5.24. The van der Waals surface area contributed by atoms with Crippen LogP contribution in [0.25, 0.3) is 66.1 Å². The molecule has 0 saturated heterocycles. The van der Waals surface area contributed by atoms with Crippen molar-refractivity contribution in [3.05, 3.63) is 146 Å². The molecule has 0 spiro atoms. The highest BCUT2D eigenvalue weighted by Crippen LogP contribution is 2.48. The highest BCUT2D eigenvalue weighted by molar-refractivity contribution is 7.99. The molecule has 39 heavy (non-hydrogen) atoms. The van der Waals surface area contributed by atoms with Gasteiger partial charge < -0.3 is 0 Å². The summed E-state index contributed by atoms with van der Waals surface area (Å²) < 4.78 is 0. The van der Waals surface area contributed by atoms with Gasteiger partial charge in [0.2, 0.25) is 0 Å². The molecule has 0 radical (unpaired) electrons. The third kappa shape index (κ3) is 3.70. The number of hydrogen-bond acceptors (Lipinski definition) is 1. The molecule has 0 aromatic heterocycles. The van der Waals surface area contributed by atoms with E-state index in [9.17, 15) is 0 Å². The molecule has 1 heteroatoms. The number of fused-ring (bicyclic) bond motifs is 3. The normalized spacial score (nSPS) is 12.0. The van der Waals surface area contributed by atoms with Gasteiger partial charge >= 0.3 is 0 Å². The van der Waals surface area contributed by atoms with Crippen molar-refractivity contribution in [3.63, 3.8) is 0 Å². The monoisotopic (exact) mass is 512 g/mol. The summed E-state index contributed by atoms with van der Waals surface area (Å²) in [6, 6.07) is 53.2. The van der Waals surface area contributed by atoms with E-state index in [1.807, 2.05) is 11.8 Å². The molecule has 0 nitrogen and oxygen atoms in total. The fourth-order valence-corrected chi connectivity index (χ4v) is 7.15. The summed E-state index contributed by atoms with van der Waals surface area (Å²) in [4.78, 5) is 2.67. The number of hydrogen-bond donors (Lipinski definition) is 0. The molecule has 182 valence electrons. The van der Waals surface area contributed by atoms with E-state index in [2.05, 4.69) is 146 Å². The standard InChI is InChI=1S/C38H24S/c1-2-8-26(9-3-1)31-14-4-10-28-11-5-15-32(37(28)31)27-20-18-25(19-21-27)30-22-23-35-34(24-30)33-16-6-12-29-13-7-17-36(39-35)38(29)33/h1-24H. The van der Waals surface area contributed by atoms with Gasteiger partial charge in [-0.3, -0.25) is 0 Å². The minimum absolute atomic E-state index is 1.24. The van der Waals surface area contributed by atoms with Crippen LogP contribution in [-0.2, 0) is 0 Å². The lowest BCUT2D eigenvalue weighted by atomic mass is 9.90.